The number of thioether (sulfide) groups is 1. The maximum absolute atomic E-state index is 14.0. The van der Waals surface area contributed by atoms with Gasteiger partial charge in [-0.25, -0.2) is 0 Å². The number of amides is 1. The van der Waals surface area contributed by atoms with E-state index in [0.717, 1.165) is 30.5 Å². The van der Waals surface area contributed by atoms with Gasteiger partial charge in [-0.3, -0.25) is 4.79 Å². The van der Waals surface area contributed by atoms with E-state index in [1.54, 1.807) is 17.8 Å². The lowest BCUT2D eigenvalue weighted by atomic mass is 9.91. The molecule has 2 heterocycles. The molecule has 242 valence electrons. The van der Waals surface area contributed by atoms with Crippen LogP contribution in [0.15, 0.2) is 64.2 Å². The number of ether oxygens (including phenoxy) is 3. The molecule has 8 nitrogen and oxygen atoms in total. The molecule has 2 unspecified atom stereocenters. The summed E-state index contributed by atoms with van der Waals surface area (Å²) in [5.74, 6) is 0.344. The van der Waals surface area contributed by atoms with Crippen molar-refractivity contribution < 1.29 is 23.5 Å². The zero-order chi connectivity index (χ0) is 32.1. The van der Waals surface area contributed by atoms with E-state index in [2.05, 4.69) is 73.6 Å². The standard InChI is InChI=1S/C35H51N3O5S/c1-9-12-20-44-34(25(6)7)28-17-15-27(16-18-28)22-36-26(8)29-14-13-19-38(29)35(39)33(24(4)5)30-21-31(37-43-30)42-23-32(40-10-2)41-11-3/h12,15-18,20-21,24,29,32-33,36H,8-11,13-14,19,22-23H2,1-7H3/b20-12-. The fourth-order valence-electron chi connectivity index (χ4n) is 5.26. The number of allylic oxidation sites excluding steroid dienone is 2. The SMILES string of the molecule is C=C(NCc1ccc(C(S/C=C\CC)=C(C)C)cc1)C1CCCN1C(=O)C(c1cc(OCC(OCC)OCC)no1)C(C)C. The Morgan fingerprint density at radius 2 is 1.89 bits per heavy atom. The summed E-state index contributed by atoms with van der Waals surface area (Å²) in [5.41, 5.74) is 4.53. The number of carbonyl (C=O) groups excluding carboxylic acids is 1. The maximum atomic E-state index is 14.0. The average molecular weight is 626 g/mol. The Morgan fingerprint density at radius 1 is 1.18 bits per heavy atom. The number of hydrogen-bond donors (Lipinski definition) is 1. The van der Waals surface area contributed by atoms with Gasteiger partial charge in [-0.15, -0.1) is 0 Å². The van der Waals surface area contributed by atoms with E-state index < -0.39 is 12.2 Å². The normalized spacial score (nSPS) is 15.8. The van der Waals surface area contributed by atoms with Crippen molar-refractivity contribution in [3.8, 4) is 5.88 Å². The molecule has 0 saturated carbocycles. The molecule has 2 aromatic rings. The molecule has 9 heteroatoms. The van der Waals surface area contributed by atoms with Crippen molar-refractivity contribution in [2.75, 3.05) is 26.4 Å². The van der Waals surface area contributed by atoms with Crippen LogP contribution in [0.5, 0.6) is 5.88 Å². The first-order valence-electron chi connectivity index (χ1n) is 15.8. The van der Waals surface area contributed by atoms with Crippen molar-refractivity contribution in [1.82, 2.24) is 15.4 Å². The number of hydrogen-bond acceptors (Lipinski definition) is 8. The fourth-order valence-corrected chi connectivity index (χ4v) is 6.19. The van der Waals surface area contributed by atoms with Crippen molar-refractivity contribution in [1.29, 1.82) is 0 Å². The van der Waals surface area contributed by atoms with Crippen LogP contribution in [-0.2, 0) is 20.8 Å². The first-order valence-corrected chi connectivity index (χ1v) is 16.7. The van der Waals surface area contributed by atoms with E-state index >= 15 is 0 Å². The zero-order valence-electron chi connectivity index (χ0n) is 27.6. The minimum Gasteiger partial charge on any atom is -0.470 e. The highest BCUT2D eigenvalue weighted by atomic mass is 32.2. The monoisotopic (exact) mass is 625 g/mol. The van der Waals surface area contributed by atoms with E-state index in [0.29, 0.717) is 37.9 Å². The number of rotatable bonds is 18. The minimum absolute atomic E-state index is 0.00483. The van der Waals surface area contributed by atoms with Crippen molar-refractivity contribution in [2.45, 2.75) is 92.5 Å². The zero-order valence-corrected chi connectivity index (χ0v) is 28.4. The largest absolute Gasteiger partial charge is 0.470 e. The molecular weight excluding hydrogens is 574 g/mol. The van der Waals surface area contributed by atoms with Crippen LogP contribution in [0.1, 0.15) is 90.5 Å². The minimum atomic E-state index is -0.490. The van der Waals surface area contributed by atoms with E-state index in [1.807, 2.05) is 32.6 Å². The van der Waals surface area contributed by atoms with E-state index in [1.165, 1.54) is 16.0 Å². The summed E-state index contributed by atoms with van der Waals surface area (Å²) in [4.78, 5) is 17.2. The molecule has 1 aliphatic heterocycles. The maximum Gasteiger partial charge on any atom is 0.254 e. The Labute approximate surface area is 268 Å². The van der Waals surface area contributed by atoms with Crippen LogP contribution in [0.25, 0.3) is 4.91 Å². The molecule has 0 spiro atoms. The van der Waals surface area contributed by atoms with Gasteiger partial charge in [-0.2, -0.15) is 0 Å². The fraction of sp³-hybridized carbons (Fsp3) is 0.543. The number of aromatic nitrogens is 1. The van der Waals surface area contributed by atoms with Gasteiger partial charge in [0.2, 0.25) is 5.91 Å². The molecule has 1 saturated heterocycles. The smallest absolute Gasteiger partial charge is 0.254 e. The van der Waals surface area contributed by atoms with Crippen LogP contribution in [0.4, 0.5) is 0 Å². The molecule has 0 bridgehead atoms. The van der Waals surface area contributed by atoms with Crippen LogP contribution >= 0.6 is 11.8 Å². The lowest BCUT2D eigenvalue weighted by Crippen LogP contribution is -2.43. The molecule has 1 aromatic heterocycles. The van der Waals surface area contributed by atoms with Crippen LogP contribution in [0.2, 0.25) is 0 Å². The molecule has 1 aliphatic rings. The van der Waals surface area contributed by atoms with Crippen molar-refractivity contribution in [3.63, 3.8) is 0 Å². The van der Waals surface area contributed by atoms with Crippen LogP contribution in [0, 0.1) is 5.92 Å². The van der Waals surface area contributed by atoms with E-state index in [9.17, 15) is 4.79 Å². The van der Waals surface area contributed by atoms with Crippen LogP contribution in [-0.4, -0.2) is 54.7 Å². The summed E-state index contributed by atoms with van der Waals surface area (Å²) < 4.78 is 22.5. The van der Waals surface area contributed by atoms with Crippen molar-refractivity contribution in [2.24, 2.45) is 5.92 Å². The van der Waals surface area contributed by atoms with Gasteiger partial charge in [0.05, 0.1) is 6.04 Å². The molecule has 0 radical (unpaired) electrons. The van der Waals surface area contributed by atoms with Gasteiger partial charge in [-0.05, 0) is 74.6 Å². The van der Waals surface area contributed by atoms with Gasteiger partial charge in [0.1, 0.15) is 12.5 Å². The third kappa shape index (κ3) is 10.0. The summed E-state index contributed by atoms with van der Waals surface area (Å²) >= 11 is 1.77. The summed E-state index contributed by atoms with van der Waals surface area (Å²) in [6.07, 6.45) is 4.51. The Morgan fingerprint density at radius 3 is 2.50 bits per heavy atom. The van der Waals surface area contributed by atoms with Gasteiger partial charge in [0.25, 0.3) is 5.88 Å². The van der Waals surface area contributed by atoms with Gasteiger partial charge < -0.3 is 29.0 Å². The predicted octanol–water partition coefficient (Wildman–Crippen LogP) is 7.89. The van der Waals surface area contributed by atoms with Gasteiger partial charge in [0, 0.05) is 43.0 Å². The third-order valence-corrected chi connectivity index (χ3v) is 8.67. The predicted molar refractivity (Wildman–Crippen MR) is 179 cm³/mol. The molecule has 1 fully saturated rings. The van der Waals surface area contributed by atoms with E-state index in [4.69, 9.17) is 18.7 Å². The van der Waals surface area contributed by atoms with Gasteiger partial charge >= 0.3 is 0 Å². The van der Waals surface area contributed by atoms with E-state index in [-0.39, 0.29) is 24.5 Å². The number of carbonyl (C=O) groups is 1. The van der Waals surface area contributed by atoms with Crippen LogP contribution < -0.4 is 10.1 Å². The number of benzene rings is 1. The number of likely N-dealkylation sites (tertiary alicyclic amines) is 1. The second kappa shape index (κ2) is 18.1. The highest BCUT2D eigenvalue weighted by Crippen LogP contribution is 2.34. The molecule has 3 rings (SSSR count). The average Bonchev–Trinajstić information content (AvgIpc) is 3.68. The van der Waals surface area contributed by atoms with Crippen LogP contribution in [0.3, 0.4) is 0 Å². The molecule has 2 atom stereocenters. The highest BCUT2D eigenvalue weighted by Gasteiger charge is 2.38. The summed E-state index contributed by atoms with van der Waals surface area (Å²) in [6.45, 7) is 21.2. The third-order valence-electron chi connectivity index (χ3n) is 7.46. The molecule has 1 aromatic carbocycles. The lowest BCUT2D eigenvalue weighted by molar-refractivity contribution is -0.153. The first kappa shape index (κ1) is 35.5. The molecule has 1 amide bonds. The van der Waals surface area contributed by atoms with Crippen molar-refractivity contribution >= 4 is 22.6 Å². The number of nitrogens with one attached hydrogen (secondary N) is 1. The van der Waals surface area contributed by atoms with Gasteiger partial charge in [-0.1, -0.05) is 75.0 Å². The Balaban J connectivity index is 1.63. The molecule has 44 heavy (non-hydrogen) atoms. The first-order chi connectivity index (χ1) is 21.2. The second-order valence-electron chi connectivity index (χ2n) is 11.4. The van der Waals surface area contributed by atoms with Crippen molar-refractivity contribution in [3.05, 3.63) is 76.6 Å². The number of nitrogens with zero attached hydrogens (tertiary/aromatic N) is 2. The summed E-state index contributed by atoms with van der Waals surface area (Å²) in [7, 11) is 0. The quantitative estimate of drug-likeness (QED) is 0.167. The Hall–Kier alpha value is -3.01. The second-order valence-corrected chi connectivity index (χ2v) is 12.3. The molecule has 0 aliphatic carbocycles. The Bertz CT molecular complexity index is 1240. The summed E-state index contributed by atoms with van der Waals surface area (Å²) in [5, 5.41) is 9.73. The topological polar surface area (TPSA) is 86.1 Å². The highest BCUT2D eigenvalue weighted by molar-refractivity contribution is 8.10. The molecular formula is C35H51N3O5S. The molecule has 1 N–H and O–H groups in total. The Kier molecular flexibility index (Phi) is 14.6. The lowest BCUT2D eigenvalue weighted by Gasteiger charge is -2.31. The van der Waals surface area contributed by atoms with Gasteiger partial charge in [0.15, 0.2) is 12.1 Å². The summed E-state index contributed by atoms with van der Waals surface area (Å²) in [6, 6.07) is 10.3.